The van der Waals surface area contributed by atoms with Crippen molar-refractivity contribution < 1.29 is 45.9 Å². The molecule has 70 heavy (non-hydrogen) atoms. The minimum atomic E-state index is -4.69. The predicted molar refractivity (Wildman–Crippen MR) is 275 cm³/mol. The molecule has 0 spiro atoms. The second kappa shape index (κ2) is 22.5. The van der Waals surface area contributed by atoms with Crippen LogP contribution in [0.1, 0.15) is 126 Å². The number of hydrogen-bond donors (Lipinski definition) is 1. The molecule has 4 aromatic carbocycles. The van der Waals surface area contributed by atoms with E-state index in [2.05, 4.69) is 177 Å². The van der Waals surface area contributed by atoms with Gasteiger partial charge < -0.3 is 9.97 Å². The number of allylic oxidation sites excluding steroid dienone is 4. The van der Waals surface area contributed by atoms with Crippen LogP contribution in [0.15, 0.2) is 121 Å². The average Bonchev–Trinajstić information content (AvgIpc) is 4.12. The van der Waals surface area contributed by atoms with E-state index in [4.69, 9.17) is 38.6 Å². The van der Waals surface area contributed by atoms with Crippen LogP contribution in [-0.2, 0) is 42.8 Å². The van der Waals surface area contributed by atoms with Gasteiger partial charge in [0.15, 0.2) is 0 Å². The molecule has 0 unspecified atom stereocenters. The van der Waals surface area contributed by atoms with Crippen LogP contribution in [0.2, 0.25) is 0 Å². The van der Waals surface area contributed by atoms with Crippen LogP contribution in [0.3, 0.4) is 0 Å². The molecule has 1 N–H and O–H groups in total. The number of aromatic nitrogens is 4. The molecule has 2 aliphatic rings. The van der Waals surface area contributed by atoms with Gasteiger partial charge in [0.1, 0.15) is 0 Å². The van der Waals surface area contributed by atoms with Crippen LogP contribution in [0, 0.1) is 10.2 Å². The number of halogens is 1. The number of hydrogen-bond acceptors (Lipinski definition) is 6. The van der Waals surface area contributed by atoms with E-state index < -0.39 is 10.2 Å². The van der Waals surface area contributed by atoms with Gasteiger partial charge in [-0.15, -0.1) is 22.1 Å². The summed E-state index contributed by atoms with van der Waals surface area (Å²) in [6.07, 6.45) is 6.72. The summed E-state index contributed by atoms with van der Waals surface area (Å²) in [6.45, 7) is 18.4. The number of benzene rings is 4. The second-order valence-corrected chi connectivity index (χ2v) is 18.0. The standard InChI is InChI=1S/C60H60N4.ClHO4.Fe/c1-9-41-42(10-2)54-50(38-31-23-18-24-32-38)56-45(13-5)46(14-6)58(63-56)52(40-35-27-20-28-36-40)60-48(16-8)47(15-7)59(64-60)51(39-33-25-19-26-34-39)57-44(12-4)43(11-3)55(62-57)49(53(41)61-54)37-29-21-17-22-30-37;2-1(3,4)5;/h17-36H,9-16H2,1-8H3;(H,2,3,4,5);/q-2;;+2. The van der Waals surface area contributed by atoms with Crippen molar-refractivity contribution in [1.82, 2.24) is 19.9 Å². The Morgan fingerprint density at radius 3 is 0.700 bits per heavy atom. The maximum Gasteiger partial charge on any atom is 2.00 e. The Morgan fingerprint density at radius 2 is 0.543 bits per heavy atom. The smallest absolute Gasteiger partial charge is 0.656 e. The zero-order valence-corrected chi connectivity index (χ0v) is 43.3. The first-order chi connectivity index (χ1) is 33.5. The molecule has 9 rings (SSSR count). The fourth-order valence-electron chi connectivity index (χ4n) is 10.8. The van der Waals surface area contributed by atoms with Crippen LogP contribution in [0.25, 0.3) is 88.9 Å². The molecule has 3 aromatic heterocycles. The molecule has 0 fully saturated rings. The van der Waals surface area contributed by atoms with E-state index >= 15 is 0 Å². The van der Waals surface area contributed by atoms with Crippen molar-refractivity contribution in [3.63, 3.8) is 0 Å². The summed E-state index contributed by atoms with van der Waals surface area (Å²) in [5, 5.41) is 0. The Hall–Kier alpha value is -5.87. The van der Waals surface area contributed by atoms with Crippen LogP contribution < -0.4 is 23.9 Å². The average molecular weight is 993 g/mol. The third-order valence-corrected chi connectivity index (χ3v) is 13.6. The molecule has 5 heterocycles. The van der Waals surface area contributed by atoms with Gasteiger partial charge in [0.05, 0.1) is 37.7 Å². The van der Waals surface area contributed by atoms with Gasteiger partial charge in [-0.3, -0.25) is 0 Å². The van der Waals surface area contributed by atoms with Gasteiger partial charge in [0, 0.05) is 0 Å². The summed E-state index contributed by atoms with van der Waals surface area (Å²) in [5.74, 6) is 0. The molecule has 8 nitrogen and oxygen atoms in total. The minimum absolute atomic E-state index is 0. The van der Waals surface area contributed by atoms with E-state index in [1.165, 1.54) is 44.5 Å². The summed E-state index contributed by atoms with van der Waals surface area (Å²) < 4.78 is 32.7. The maximum absolute atomic E-state index is 8.60. The molecular weight excluding hydrogens is 932 g/mol. The summed E-state index contributed by atoms with van der Waals surface area (Å²) >= 11 is 0. The summed E-state index contributed by atoms with van der Waals surface area (Å²) in [5.41, 5.74) is 27.4. The summed E-state index contributed by atoms with van der Waals surface area (Å²) in [7, 11) is -4.69. The van der Waals surface area contributed by atoms with Crippen molar-refractivity contribution in [3.8, 4) is 44.5 Å². The molecular formula is C60H61ClFeN4O4. The van der Waals surface area contributed by atoms with E-state index in [0.29, 0.717) is 0 Å². The van der Waals surface area contributed by atoms with Crippen molar-refractivity contribution in [2.45, 2.75) is 107 Å². The van der Waals surface area contributed by atoms with Gasteiger partial charge in [-0.05, 0) is 118 Å². The van der Waals surface area contributed by atoms with Gasteiger partial charge in [-0.25, -0.2) is 9.97 Å². The van der Waals surface area contributed by atoms with Gasteiger partial charge >= 0.3 is 17.1 Å². The normalized spacial score (nSPS) is 12.5. The number of aryl methyl sites for hydroxylation is 4. The molecule has 360 valence electrons. The van der Waals surface area contributed by atoms with Gasteiger partial charge in [0.2, 0.25) is 0 Å². The molecule has 0 saturated carbocycles. The minimum Gasteiger partial charge on any atom is -0.656 e. The van der Waals surface area contributed by atoms with E-state index in [-0.39, 0.29) is 17.1 Å². The van der Waals surface area contributed by atoms with Gasteiger partial charge in [-0.2, -0.15) is 14.0 Å². The molecule has 7 aromatic rings. The zero-order valence-electron chi connectivity index (χ0n) is 41.4. The van der Waals surface area contributed by atoms with Crippen molar-refractivity contribution in [1.29, 1.82) is 0 Å². The van der Waals surface area contributed by atoms with Crippen molar-refractivity contribution >= 4 is 44.4 Å². The van der Waals surface area contributed by atoms with Crippen LogP contribution in [-0.4, -0.2) is 14.6 Å². The third-order valence-electron chi connectivity index (χ3n) is 13.6. The van der Waals surface area contributed by atoms with E-state index in [0.717, 1.165) is 141 Å². The monoisotopic (exact) mass is 992 g/mol. The van der Waals surface area contributed by atoms with Crippen LogP contribution in [0.5, 0.6) is 0 Å². The van der Waals surface area contributed by atoms with Gasteiger partial charge in [-0.1, -0.05) is 199 Å². The SMILES string of the molecule is CCC1=C(CC)c2nc1c(-c1ccccc1)c1[n-]c(c(CC)c1CC)c(-c1ccccc1)c1nc(c(-c3ccccc3)c3[n-]c(c(CC)c3CC)c2-c2ccccc2)C(CC)=C1CC.[Fe+2].[O-][Cl+3]([O-])([O-])O. The Balaban J connectivity index is 0.00000115. The Kier molecular flexibility index (Phi) is 16.7. The number of rotatable bonds is 12. The Bertz CT molecular complexity index is 2810. The Labute approximate surface area is 425 Å². The topological polar surface area (TPSA) is 143 Å². The van der Waals surface area contributed by atoms with E-state index in [1.807, 2.05) is 0 Å². The van der Waals surface area contributed by atoms with Crippen LogP contribution >= 0.6 is 0 Å². The fourth-order valence-corrected chi connectivity index (χ4v) is 10.8. The Morgan fingerprint density at radius 1 is 0.357 bits per heavy atom. The molecule has 0 aliphatic carbocycles. The third kappa shape index (κ3) is 9.77. The number of nitrogens with zero attached hydrogens (tertiary/aromatic N) is 4. The second-order valence-electron chi connectivity index (χ2n) is 17.3. The molecule has 0 atom stereocenters. The molecule has 0 amide bonds. The van der Waals surface area contributed by atoms with E-state index in [1.54, 1.807) is 0 Å². The van der Waals surface area contributed by atoms with E-state index in [9.17, 15) is 0 Å². The first kappa shape index (κ1) is 52.0. The first-order valence-electron chi connectivity index (χ1n) is 24.5. The molecule has 0 saturated heterocycles. The predicted octanol–water partition coefficient (Wildman–Crippen LogP) is 11.8. The molecule has 0 radical (unpaired) electrons. The molecule has 8 bridgehead atoms. The largest absolute Gasteiger partial charge is 2.00 e. The van der Waals surface area contributed by atoms with Gasteiger partial charge in [0.25, 0.3) is 0 Å². The molecule has 10 heteroatoms. The van der Waals surface area contributed by atoms with Crippen molar-refractivity contribution in [3.05, 3.63) is 166 Å². The fraction of sp³-hybridized carbons (Fsp3) is 0.267. The molecule has 2 aliphatic heterocycles. The summed E-state index contributed by atoms with van der Waals surface area (Å²) in [4.78, 5) is 23.9. The zero-order chi connectivity index (χ0) is 49.0. The first-order valence-corrected chi connectivity index (χ1v) is 25.8. The quantitative estimate of drug-likeness (QED) is 0.119. The van der Waals surface area contributed by atoms with Crippen molar-refractivity contribution in [2.75, 3.05) is 0 Å². The van der Waals surface area contributed by atoms with Crippen LogP contribution in [0.4, 0.5) is 0 Å². The maximum atomic E-state index is 8.60. The number of fused-ring (bicyclic) bond motifs is 8. The summed E-state index contributed by atoms with van der Waals surface area (Å²) in [6, 6.07) is 43.7. The van der Waals surface area contributed by atoms with Crippen molar-refractivity contribution in [2.24, 2.45) is 0 Å².